The molecule has 0 spiro atoms. The van der Waals surface area contributed by atoms with Crippen LogP contribution >= 0.6 is 0 Å². The summed E-state index contributed by atoms with van der Waals surface area (Å²) >= 11 is 0. The number of carbonyl (C=O) groups is 2. The minimum atomic E-state index is -0.968. The van der Waals surface area contributed by atoms with Gasteiger partial charge < -0.3 is 24.8 Å². The topological polar surface area (TPSA) is 88.1 Å². The van der Waals surface area contributed by atoms with E-state index < -0.39 is 5.97 Å². The number of rotatable bonds is 9. The Balaban J connectivity index is 1.66. The average Bonchev–Trinajstić information content (AvgIpc) is 3.56. The third kappa shape index (κ3) is 5.63. The summed E-state index contributed by atoms with van der Waals surface area (Å²) in [6.45, 7) is 1.46. The average molecular weight is 398 g/mol. The maximum atomic E-state index is 12.8. The molecule has 1 aliphatic carbocycles. The highest BCUT2D eigenvalue weighted by molar-refractivity contribution is 5.87. The molecule has 154 valence electrons. The quantitative estimate of drug-likeness (QED) is 0.675. The van der Waals surface area contributed by atoms with Crippen molar-refractivity contribution in [3.63, 3.8) is 0 Å². The number of carboxylic acids is 1. The van der Waals surface area contributed by atoms with Crippen molar-refractivity contribution in [1.82, 2.24) is 10.2 Å². The van der Waals surface area contributed by atoms with E-state index in [1.54, 1.807) is 31.3 Å². The zero-order chi connectivity index (χ0) is 20.8. The van der Waals surface area contributed by atoms with Crippen LogP contribution in [0.5, 0.6) is 11.5 Å². The van der Waals surface area contributed by atoms with E-state index in [0.29, 0.717) is 37.1 Å². The highest BCUT2D eigenvalue weighted by Crippen LogP contribution is 2.31. The molecule has 0 atom stereocenters. The Morgan fingerprint density at radius 2 is 1.83 bits per heavy atom. The maximum absolute atomic E-state index is 12.8. The van der Waals surface area contributed by atoms with Gasteiger partial charge in [0.25, 0.3) is 0 Å². The summed E-state index contributed by atoms with van der Waals surface area (Å²) in [5, 5.41) is 11.9. The molecule has 0 aliphatic heterocycles. The Morgan fingerprint density at radius 1 is 1.10 bits per heavy atom. The van der Waals surface area contributed by atoms with E-state index in [-0.39, 0.29) is 11.6 Å². The van der Waals surface area contributed by atoms with Gasteiger partial charge in [-0.1, -0.05) is 12.1 Å². The Labute approximate surface area is 170 Å². The first-order valence-corrected chi connectivity index (χ1v) is 9.56. The number of methoxy groups -OCH3 is 2. The second-order valence-electron chi connectivity index (χ2n) is 7.16. The van der Waals surface area contributed by atoms with Gasteiger partial charge in [-0.15, -0.1) is 0 Å². The summed E-state index contributed by atoms with van der Waals surface area (Å²) in [5.74, 6) is 0.959. The number of nitrogens with one attached hydrogen (secondary N) is 1. The van der Waals surface area contributed by atoms with Gasteiger partial charge in [0.1, 0.15) is 11.5 Å². The Bertz CT molecular complexity index is 862. The van der Waals surface area contributed by atoms with Gasteiger partial charge in [0.05, 0.1) is 26.3 Å². The minimum absolute atomic E-state index is 0.155. The second kappa shape index (κ2) is 9.32. The number of amides is 2. The van der Waals surface area contributed by atoms with Gasteiger partial charge in [-0.05, 0) is 48.6 Å². The first kappa shape index (κ1) is 20.5. The molecule has 0 bridgehead atoms. The number of carbonyl (C=O) groups excluding carboxylic acids is 1. The van der Waals surface area contributed by atoms with Gasteiger partial charge in [0.2, 0.25) is 0 Å². The molecule has 3 rings (SSSR count). The molecule has 2 N–H and O–H groups in total. The van der Waals surface area contributed by atoms with Crippen LogP contribution in [0.2, 0.25) is 0 Å². The highest BCUT2D eigenvalue weighted by Gasteiger charge is 2.27. The summed E-state index contributed by atoms with van der Waals surface area (Å²) in [6, 6.07) is 11.9. The number of benzene rings is 2. The van der Waals surface area contributed by atoms with E-state index in [2.05, 4.69) is 5.32 Å². The lowest BCUT2D eigenvalue weighted by molar-refractivity contribution is 0.0697. The van der Waals surface area contributed by atoms with Crippen LogP contribution in [0.3, 0.4) is 0 Å². The van der Waals surface area contributed by atoms with Crippen LogP contribution in [0.4, 0.5) is 4.79 Å². The van der Waals surface area contributed by atoms with Crippen LogP contribution in [-0.4, -0.2) is 42.8 Å². The van der Waals surface area contributed by atoms with Crippen molar-refractivity contribution in [2.75, 3.05) is 20.8 Å². The lowest BCUT2D eigenvalue weighted by Crippen LogP contribution is -2.40. The fourth-order valence-corrected chi connectivity index (χ4v) is 3.07. The van der Waals surface area contributed by atoms with Crippen LogP contribution in [0, 0.1) is 5.92 Å². The van der Waals surface area contributed by atoms with Crippen molar-refractivity contribution in [2.24, 2.45) is 5.92 Å². The van der Waals surface area contributed by atoms with Gasteiger partial charge >= 0.3 is 12.0 Å². The van der Waals surface area contributed by atoms with Crippen molar-refractivity contribution >= 4 is 12.0 Å². The fourth-order valence-electron chi connectivity index (χ4n) is 3.07. The lowest BCUT2D eigenvalue weighted by atomic mass is 10.1. The molecule has 0 radical (unpaired) electrons. The molecule has 7 heteroatoms. The molecule has 0 saturated heterocycles. The van der Waals surface area contributed by atoms with Crippen LogP contribution in [0.25, 0.3) is 0 Å². The molecule has 2 aromatic carbocycles. The number of nitrogens with zero attached hydrogens (tertiary/aromatic N) is 1. The van der Waals surface area contributed by atoms with E-state index in [1.165, 1.54) is 12.1 Å². The maximum Gasteiger partial charge on any atom is 0.335 e. The van der Waals surface area contributed by atoms with E-state index in [0.717, 1.165) is 24.0 Å². The zero-order valence-corrected chi connectivity index (χ0v) is 16.7. The SMILES string of the molecule is COc1ccc(CN(CC2CC2)C(=O)NCc2ccc(C(=O)O)cc2)c(OC)c1. The molecule has 2 amide bonds. The lowest BCUT2D eigenvalue weighted by Gasteiger charge is -2.24. The smallest absolute Gasteiger partial charge is 0.335 e. The molecular weight excluding hydrogens is 372 g/mol. The summed E-state index contributed by atoms with van der Waals surface area (Å²) in [6.07, 6.45) is 2.28. The summed E-state index contributed by atoms with van der Waals surface area (Å²) in [4.78, 5) is 25.6. The third-order valence-corrected chi connectivity index (χ3v) is 4.96. The molecule has 0 aromatic heterocycles. The van der Waals surface area contributed by atoms with Crippen molar-refractivity contribution in [3.05, 3.63) is 59.2 Å². The van der Waals surface area contributed by atoms with E-state index in [9.17, 15) is 9.59 Å². The molecule has 1 fully saturated rings. The number of aromatic carboxylic acids is 1. The van der Waals surface area contributed by atoms with E-state index in [4.69, 9.17) is 14.6 Å². The van der Waals surface area contributed by atoms with Crippen LogP contribution < -0.4 is 14.8 Å². The number of urea groups is 1. The van der Waals surface area contributed by atoms with Crippen molar-refractivity contribution in [1.29, 1.82) is 0 Å². The summed E-state index contributed by atoms with van der Waals surface area (Å²) in [5.41, 5.74) is 1.98. The standard InChI is InChI=1S/C22H26N2O5/c1-28-19-10-9-18(20(11-19)29-2)14-24(13-16-3-4-16)22(27)23-12-15-5-7-17(8-6-15)21(25)26/h5-11,16H,3-4,12-14H2,1-2H3,(H,23,27)(H,25,26). The van der Waals surface area contributed by atoms with Gasteiger partial charge in [-0.2, -0.15) is 0 Å². The molecule has 7 nitrogen and oxygen atoms in total. The monoisotopic (exact) mass is 398 g/mol. The molecular formula is C22H26N2O5. The Morgan fingerprint density at radius 3 is 2.41 bits per heavy atom. The fraction of sp³-hybridized carbons (Fsp3) is 0.364. The Kier molecular flexibility index (Phi) is 6.59. The predicted octanol–water partition coefficient (Wildman–Crippen LogP) is 3.52. The van der Waals surface area contributed by atoms with Crippen molar-refractivity contribution in [2.45, 2.75) is 25.9 Å². The third-order valence-electron chi connectivity index (χ3n) is 4.96. The normalized spacial score (nSPS) is 12.9. The highest BCUT2D eigenvalue weighted by atomic mass is 16.5. The molecule has 29 heavy (non-hydrogen) atoms. The second-order valence-corrected chi connectivity index (χ2v) is 7.16. The first-order chi connectivity index (χ1) is 14.0. The number of hydrogen-bond acceptors (Lipinski definition) is 4. The Hall–Kier alpha value is -3.22. The number of carboxylic acid groups (broad SMARTS) is 1. The van der Waals surface area contributed by atoms with Gasteiger partial charge in [-0.25, -0.2) is 9.59 Å². The molecule has 2 aromatic rings. The van der Waals surface area contributed by atoms with E-state index >= 15 is 0 Å². The molecule has 1 saturated carbocycles. The number of ether oxygens (including phenoxy) is 2. The van der Waals surface area contributed by atoms with Gasteiger partial charge in [0.15, 0.2) is 0 Å². The summed E-state index contributed by atoms with van der Waals surface area (Å²) in [7, 11) is 3.20. The van der Waals surface area contributed by atoms with Crippen molar-refractivity contribution in [3.8, 4) is 11.5 Å². The molecule has 0 unspecified atom stereocenters. The largest absolute Gasteiger partial charge is 0.497 e. The van der Waals surface area contributed by atoms with Crippen LogP contribution in [0.15, 0.2) is 42.5 Å². The number of hydrogen-bond donors (Lipinski definition) is 2. The van der Waals surface area contributed by atoms with Crippen LogP contribution in [-0.2, 0) is 13.1 Å². The summed E-state index contributed by atoms with van der Waals surface area (Å²) < 4.78 is 10.7. The van der Waals surface area contributed by atoms with Gasteiger partial charge in [-0.3, -0.25) is 0 Å². The first-order valence-electron chi connectivity index (χ1n) is 9.56. The van der Waals surface area contributed by atoms with Gasteiger partial charge in [0, 0.05) is 24.7 Å². The molecule has 0 heterocycles. The predicted molar refractivity (Wildman–Crippen MR) is 108 cm³/mol. The van der Waals surface area contributed by atoms with Crippen molar-refractivity contribution < 1.29 is 24.2 Å². The molecule has 1 aliphatic rings. The zero-order valence-electron chi connectivity index (χ0n) is 16.7. The minimum Gasteiger partial charge on any atom is -0.497 e. The van der Waals surface area contributed by atoms with Crippen LogP contribution in [0.1, 0.15) is 34.3 Å². The van der Waals surface area contributed by atoms with E-state index in [1.807, 2.05) is 18.2 Å².